The summed E-state index contributed by atoms with van der Waals surface area (Å²) < 4.78 is 5.80. The van der Waals surface area contributed by atoms with Crippen molar-refractivity contribution in [3.8, 4) is 5.75 Å². The van der Waals surface area contributed by atoms with Crippen molar-refractivity contribution in [1.82, 2.24) is 10.3 Å². The van der Waals surface area contributed by atoms with Crippen molar-refractivity contribution in [1.29, 1.82) is 0 Å². The van der Waals surface area contributed by atoms with Crippen molar-refractivity contribution in [3.63, 3.8) is 0 Å². The van der Waals surface area contributed by atoms with Crippen LogP contribution in [-0.4, -0.2) is 28.9 Å². The average molecular weight is 325 g/mol. The molecule has 0 spiro atoms. The molecule has 0 radical (unpaired) electrons. The minimum absolute atomic E-state index is 0.307. The summed E-state index contributed by atoms with van der Waals surface area (Å²) in [5.74, 6) is -0.297. The molecule has 24 heavy (non-hydrogen) atoms. The van der Waals surface area contributed by atoms with Crippen molar-refractivity contribution < 1.29 is 14.3 Å². The number of rotatable bonds is 4. The van der Waals surface area contributed by atoms with E-state index in [1.165, 1.54) is 6.92 Å². The number of ether oxygens (including phenoxy) is 1. The number of benzene rings is 1. The Labute approximate surface area is 140 Å². The number of amides is 2. The zero-order valence-electron chi connectivity index (χ0n) is 13.7. The van der Waals surface area contributed by atoms with E-state index in [4.69, 9.17) is 4.74 Å². The average Bonchev–Trinajstić information content (AvgIpc) is 2.61. The first kappa shape index (κ1) is 16.0. The number of nitrogens with one attached hydrogen (secondary N) is 1. The number of nitrogens with zero attached hydrogens (tertiary/aromatic N) is 2. The van der Waals surface area contributed by atoms with Crippen LogP contribution in [0.25, 0.3) is 0 Å². The van der Waals surface area contributed by atoms with Crippen molar-refractivity contribution in [2.75, 3.05) is 11.4 Å². The second-order valence-electron chi connectivity index (χ2n) is 5.69. The van der Waals surface area contributed by atoms with E-state index in [0.29, 0.717) is 24.5 Å². The van der Waals surface area contributed by atoms with Gasteiger partial charge in [-0.25, -0.2) is 0 Å². The molecule has 2 heterocycles. The number of carbonyl (C=O) groups excluding carboxylic acids is 2. The van der Waals surface area contributed by atoms with Crippen LogP contribution in [0.2, 0.25) is 0 Å². The standard InChI is InChI=1S/C18H19N3O3/c1-3-21-14-6-4-5-7-15(14)24-18(2,17(21)23)16(22)20-12-13-8-10-19-11-9-13/h4-11H,3,12H2,1-2H3,(H,20,22). The lowest BCUT2D eigenvalue weighted by Gasteiger charge is -2.39. The molecule has 0 saturated heterocycles. The second kappa shape index (κ2) is 6.31. The Kier molecular flexibility index (Phi) is 4.20. The second-order valence-corrected chi connectivity index (χ2v) is 5.69. The van der Waals surface area contributed by atoms with E-state index < -0.39 is 11.5 Å². The molecular formula is C18H19N3O3. The third kappa shape index (κ3) is 2.71. The molecule has 6 heteroatoms. The highest BCUT2D eigenvalue weighted by atomic mass is 16.5. The van der Waals surface area contributed by atoms with E-state index in [2.05, 4.69) is 10.3 Å². The Bertz CT molecular complexity index is 763. The first-order valence-electron chi connectivity index (χ1n) is 7.83. The van der Waals surface area contributed by atoms with Gasteiger partial charge in [-0.1, -0.05) is 12.1 Å². The highest BCUT2D eigenvalue weighted by Gasteiger charge is 2.50. The van der Waals surface area contributed by atoms with Gasteiger partial charge in [0.25, 0.3) is 17.4 Å². The predicted molar refractivity (Wildman–Crippen MR) is 89.6 cm³/mol. The molecular weight excluding hydrogens is 306 g/mol. The Balaban J connectivity index is 1.83. The number of hydrogen-bond acceptors (Lipinski definition) is 4. The van der Waals surface area contributed by atoms with E-state index in [1.54, 1.807) is 35.5 Å². The van der Waals surface area contributed by atoms with Crippen LogP contribution in [0.15, 0.2) is 48.8 Å². The molecule has 1 aromatic carbocycles. The van der Waals surface area contributed by atoms with Gasteiger partial charge in [-0.2, -0.15) is 0 Å². The maximum Gasteiger partial charge on any atom is 0.280 e. The van der Waals surface area contributed by atoms with Gasteiger partial charge in [-0.05, 0) is 43.7 Å². The Morgan fingerprint density at radius 1 is 1.25 bits per heavy atom. The van der Waals surface area contributed by atoms with Crippen LogP contribution >= 0.6 is 0 Å². The van der Waals surface area contributed by atoms with Gasteiger partial charge in [0, 0.05) is 25.5 Å². The van der Waals surface area contributed by atoms with Gasteiger partial charge >= 0.3 is 0 Å². The number of aromatic nitrogens is 1. The van der Waals surface area contributed by atoms with E-state index in [1.807, 2.05) is 25.1 Å². The summed E-state index contributed by atoms with van der Waals surface area (Å²) in [6.45, 7) is 4.15. The summed E-state index contributed by atoms with van der Waals surface area (Å²) in [6.07, 6.45) is 3.31. The Morgan fingerprint density at radius 3 is 2.67 bits per heavy atom. The van der Waals surface area contributed by atoms with E-state index in [9.17, 15) is 9.59 Å². The lowest BCUT2D eigenvalue weighted by molar-refractivity contribution is -0.148. The molecule has 0 aliphatic carbocycles. The summed E-state index contributed by atoms with van der Waals surface area (Å²) in [4.78, 5) is 31.0. The molecule has 0 bridgehead atoms. The van der Waals surface area contributed by atoms with Gasteiger partial charge in [0.05, 0.1) is 5.69 Å². The van der Waals surface area contributed by atoms with Crippen molar-refractivity contribution >= 4 is 17.5 Å². The quantitative estimate of drug-likeness (QED) is 0.872. The van der Waals surface area contributed by atoms with E-state index in [-0.39, 0.29) is 5.91 Å². The summed E-state index contributed by atoms with van der Waals surface area (Å²) in [7, 11) is 0. The predicted octanol–water partition coefficient (Wildman–Crippen LogP) is 1.90. The van der Waals surface area contributed by atoms with Crippen LogP contribution in [0, 0.1) is 0 Å². The van der Waals surface area contributed by atoms with Crippen molar-refractivity contribution in [2.45, 2.75) is 26.0 Å². The monoisotopic (exact) mass is 325 g/mol. The first-order chi connectivity index (χ1) is 11.6. The summed E-state index contributed by atoms with van der Waals surface area (Å²) >= 11 is 0. The maximum absolute atomic E-state index is 12.8. The van der Waals surface area contributed by atoms with E-state index >= 15 is 0 Å². The summed E-state index contributed by atoms with van der Waals surface area (Å²) in [5.41, 5.74) is -0.000396. The maximum atomic E-state index is 12.8. The minimum atomic E-state index is -1.59. The van der Waals surface area contributed by atoms with Gasteiger partial charge in [0.15, 0.2) is 0 Å². The van der Waals surface area contributed by atoms with Crippen LogP contribution in [-0.2, 0) is 16.1 Å². The summed E-state index contributed by atoms with van der Waals surface area (Å²) in [5, 5.41) is 2.78. The molecule has 2 amide bonds. The number of carbonyl (C=O) groups is 2. The fourth-order valence-electron chi connectivity index (χ4n) is 2.71. The molecule has 0 saturated carbocycles. The highest BCUT2D eigenvalue weighted by molar-refractivity contribution is 6.16. The molecule has 0 fully saturated rings. The number of hydrogen-bond donors (Lipinski definition) is 1. The van der Waals surface area contributed by atoms with Crippen molar-refractivity contribution in [2.24, 2.45) is 0 Å². The molecule has 1 atom stereocenters. The van der Waals surface area contributed by atoms with Crippen LogP contribution in [0.3, 0.4) is 0 Å². The zero-order chi connectivity index (χ0) is 17.2. The molecule has 1 N–H and O–H groups in total. The number of pyridine rings is 1. The number of anilines is 1. The van der Waals surface area contributed by atoms with Crippen molar-refractivity contribution in [3.05, 3.63) is 54.4 Å². The van der Waals surface area contributed by atoms with Crippen LogP contribution in [0.5, 0.6) is 5.75 Å². The third-order valence-electron chi connectivity index (χ3n) is 4.08. The SMILES string of the molecule is CCN1C(=O)C(C)(C(=O)NCc2ccncc2)Oc2ccccc21. The molecule has 3 rings (SSSR count). The molecule has 1 aliphatic heterocycles. The molecule has 2 aromatic rings. The fraction of sp³-hybridized carbons (Fsp3) is 0.278. The van der Waals surface area contributed by atoms with Crippen LogP contribution in [0.4, 0.5) is 5.69 Å². The van der Waals surface area contributed by atoms with E-state index in [0.717, 1.165) is 5.56 Å². The Hall–Kier alpha value is -2.89. The normalized spacial score (nSPS) is 19.4. The topological polar surface area (TPSA) is 71.5 Å². The molecule has 6 nitrogen and oxygen atoms in total. The summed E-state index contributed by atoms with van der Waals surface area (Å²) in [6, 6.07) is 10.8. The lowest BCUT2D eigenvalue weighted by Crippen LogP contribution is -2.62. The number of likely N-dealkylation sites (N-methyl/N-ethyl adjacent to an activating group) is 1. The Morgan fingerprint density at radius 2 is 1.96 bits per heavy atom. The fourth-order valence-corrected chi connectivity index (χ4v) is 2.71. The highest BCUT2D eigenvalue weighted by Crippen LogP contribution is 2.37. The molecule has 1 unspecified atom stereocenters. The molecule has 1 aromatic heterocycles. The van der Waals surface area contributed by atoms with Crippen LogP contribution < -0.4 is 15.0 Å². The van der Waals surface area contributed by atoms with Gasteiger partial charge in [-0.15, -0.1) is 0 Å². The largest absolute Gasteiger partial charge is 0.466 e. The minimum Gasteiger partial charge on any atom is -0.466 e. The van der Waals surface area contributed by atoms with Crippen LogP contribution in [0.1, 0.15) is 19.4 Å². The number of fused-ring (bicyclic) bond motifs is 1. The van der Waals surface area contributed by atoms with Gasteiger partial charge in [0.1, 0.15) is 5.75 Å². The van der Waals surface area contributed by atoms with Gasteiger partial charge in [-0.3, -0.25) is 14.6 Å². The van der Waals surface area contributed by atoms with Gasteiger partial charge in [0.2, 0.25) is 0 Å². The molecule has 124 valence electrons. The third-order valence-corrected chi connectivity index (χ3v) is 4.08. The zero-order valence-corrected chi connectivity index (χ0v) is 13.7. The lowest BCUT2D eigenvalue weighted by atomic mass is 9.99. The number of para-hydroxylation sites is 2. The first-order valence-corrected chi connectivity index (χ1v) is 7.83. The van der Waals surface area contributed by atoms with Gasteiger partial charge < -0.3 is 15.0 Å². The molecule has 1 aliphatic rings. The smallest absolute Gasteiger partial charge is 0.280 e.